The third-order valence-electron chi connectivity index (χ3n) is 2.64. The van der Waals surface area contributed by atoms with E-state index in [4.69, 9.17) is 0 Å². The lowest BCUT2D eigenvalue weighted by Gasteiger charge is -2.29. The van der Waals surface area contributed by atoms with Gasteiger partial charge in [0.05, 0.1) is 8.07 Å². The molecule has 0 spiro atoms. The standard InChI is InChI=1S/C9H16SSi/c1-11(2,3)9-7-4-5-8(6-7)10-9/h4-5,7-9H,6H2,1-3H3/t7-,8+,9+/m1/s1. The molecule has 0 saturated carbocycles. The van der Waals surface area contributed by atoms with Gasteiger partial charge in [0, 0.05) is 10.1 Å². The fourth-order valence-electron chi connectivity index (χ4n) is 2.15. The van der Waals surface area contributed by atoms with Gasteiger partial charge in [0.2, 0.25) is 0 Å². The smallest absolute Gasteiger partial charge is 0.0595 e. The van der Waals surface area contributed by atoms with Crippen LogP contribution >= 0.6 is 11.8 Å². The Hall–Kier alpha value is 0.307. The van der Waals surface area contributed by atoms with Crippen LogP contribution < -0.4 is 0 Å². The molecule has 1 aliphatic carbocycles. The number of allylic oxidation sites excluding steroid dienone is 1. The van der Waals surface area contributed by atoms with Crippen LogP contribution in [0.1, 0.15) is 6.42 Å². The first kappa shape index (κ1) is 7.93. The Bertz CT molecular complexity index is 192. The van der Waals surface area contributed by atoms with Gasteiger partial charge in [0.25, 0.3) is 0 Å². The summed E-state index contributed by atoms with van der Waals surface area (Å²) < 4.78 is 0. The van der Waals surface area contributed by atoms with Crippen LogP contribution in [0.2, 0.25) is 19.6 Å². The van der Waals surface area contributed by atoms with Crippen molar-refractivity contribution in [2.24, 2.45) is 5.92 Å². The second-order valence-electron chi connectivity index (χ2n) is 4.75. The fraction of sp³-hybridized carbons (Fsp3) is 0.778. The summed E-state index contributed by atoms with van der Waals surface area (Å²) in [5.41, 5.74) is 0. The maximum atomic E-state index is 2.50. The summed E-state index contributed by atoms with van der Waals surface area (Å²) in [7, 11) is -0.866. The minimum Gasteiger partial charge on any atom is -0.153 e. The molecule has 2 aliphatic rings. The summed E-state index contributed by atoms with van der Waals surface area (Å²) in [5.74, 6) is 0.941. The van der Waals surface area contributed by atoms with Crippen LogP contribution in [-0.2, 0) is 0 Å². The molecular weight excluding hydrogens is 168 g/mol. The molecule has 0 nitrogen and oxygen atoms in total. The lowest BCUT2D eigenvalue weighted by molar-refractivity contribution is 0.714. The lowest BCUT2D eigenvalue weighted by atomic mass is 10.2. The summed E-state index contributed by atoms with van der Waals surface area (Å²) in [4.78, 5) is 1.01. The van der Waals surface area contributed by atoms with Crippen molar-refractivity contribution >= 4 is 19.8 Å². The van der Waals surface area contributed by atoms with Gasteiger partial charge in [0.1, 0.15) is 0 Å². The SMILES string of the molecule is C[Si](C)(C)[C@@H]1S[C@H]2C=C[C@@H]1C2. The Morgan fingerprint density at radius 2 is 2.00 bits per heavy atom. The van der Waals surface area contributed by atoms with Gasteiger partial charge in [0.15, 0.2) is 0 Å². The van der Waals surface area contributed by atoms with Crippen LogP contribution in [0, 0.1) is 5.92 Å². The topological polar surface area (TPSA) is 0 Å². The van der Waals surface area contributed by atoms with Crippen LogP contribution in [0.3, 0.4) is 0 Å². The van der Waals surface area contributed by atoms with E-state index in [1.807, 2.05) is 0 Å². The zero-order valence-electron chi connectivity index (χ0n) is 7.50. The normalized spacial score (nSPS) is 41.9. The summed E-state index contributed by atoms with van der Waals surface area (Å²) in [6.07, 6.45) is 6.32. The average molecular weight is 184 g/mol. The number of hydrogen-bond donors (Lipinski definition) is 0. The number of thioether (sulfide) groups is 1. The molecule has 1 saturated heterocycles. The first-order chi connectivity index (χ1) is 5.07. The minimum absolute atomic E-state index is 0.866. The highest BCUT2D eigenvalue weighted by atomic mass is 32.2. The molecule has 0 radical (unpaired) electrons. The highest BCUT2D eigenvalue weighted by molar-refractivity contribution is 8.02. The Labute approximate surface area is 74.5 Å². The first-order valence-electron chi connectivity index (χ1n) is 4.41. The summed E-state index contributed by atoms with van der Waals surface area (Å²) in [6.45, 7) is 7.50. The van der Waals surface area contributed by atoms with E-state index in [0.29, 0.717) is 0 Å². The molecule has 0 N–H and O–H groups in total. The Morgan fingerprint density at radius 3 is 2.27 bits per heavy atom. The highest BCUT2D eigenvalue weighted by Crippen LogP contribution is 2.48. The summed E-state index contributed by atoms with van der Waals surface area (Å²) >= 11 is 2.24. The molecule has 11 heavy (non-hydrogen) atoms. The van der Waals surface area contributed by atoms with Crippen LogP contribution in [0.5, 0.6) is 0 Å². The van der Waals surface area contributed by atoms with Crippen molar-refractivity contribution in [2.75, 3.05) is 0 Å². The van der Waals surface area contributed by atoms with Crippen molar-refractivity contribution in [3.63, 3.8) is 0 Å². The van der Waals surface area contributed by atoms with E-state index in [2.05, 4.69) is 43.6 Å². The van der Waals surface area contributed by atoms with E-state index in [1.165, 1.54) is 6.42 Å². The average Bonchev–Trinajstić information content (AvgIpc) is 2.42. The zero-order chi connectivity index (χ0) is 8.06. The van der Waals surface area contributed by atoms with Gasteiger partial charge < -0.3 is 0 Å². The van der Waals surface area contributed by atoms with E-state index in [-0.39, 0.29) is 0 Å². The minimum atomic E-state index is -0.866. The number of fused-ring (bicyclic) bond motifs is 2. The summed E-state index contributed by atoms with van der Waals surface area (Å²) in [6, 6.07) is 0. The van der Waals surface area contributed by atoms with Gasteiger partial charge in [-0.3, -0.25) is 0 Å². The van der Waals surface area contributed by atoms with E-state index in [1.54, 1.807) is 0 Å². The third-order valence-corrected chi connectivity index (χ3v) is 8.65. The molecule has 2 bridgehead atoms. The maximum Gasteiger partial charge on any atom is 0.0595 e. The van der Waals surface area contributed by atoms with Crippen molar-refractivity contribution in [2.45, 2.75) is 36.2 Å². The summed E-state index contributed by atoms with van der Waals surface area (Å²) in [5, 5.41) is 0.886. The molecule has 2 rings (SSSR count). The van der Waals surface area contributed by atoms with Crippen LogP contribution in [0.25, 0.3) is 0 Å². The van der Waals surface area contributed by atoms with Gasteiger partial charge >= 0.3 is 0 Å². The van der Waals surface area contributed by atoms with Crippen LogP contribution in [-0.4, -0.2) is 18.2 Å². The van der Waals surface area contributed by atoms with Crippen molar-refractivity contribution in [1.82, 2.24) is 0 Å². The molecule has 0 aromatic carbocycles. The van der Waals surface area contributed by atoms with Crippen LogP contribution in [0.15, 0.2) is 12.2 Å². The number of rotatable bonds is 1. The second kappa shape index (κ2) is 2.40. The molecule has 0 unspecified atom stereocenters. The molecule has 1 fully saturated rings. The molecule has 0 aromatic heterocycles. The monoisotopic (exact) mass is 184 g/mol. The fourth-order valence-corrected chi connectivity index (χ4v) is 7.14. The quantitative estimate of drug-likeness (QED) is 0.446. The second-order valence-corrected chi connectivity index (χ2v) is 11.9. The predicted octanol–water partition coefficient (Wildman–Crippen LogP) is 2.92. The maximum absolute atomic E-state index is 2.50. The zero-order valence-corrected chi connectivity index (χ0v) is 9.32. The van der Waals surface area contributed by atoms with E-state index < -0.39 is 8.07 Å². The predicted molar refractivity (Wildman–Crippen MR) is 55.8 cm³/mol. The molecule has 1 heterocycles. The van der Waals surface area contributed by atoms with Crippen molar-refractivity contribution in [3.8, 4) is 0 Å². The molecule has 3 atom stereocenters. The van der Waals surface area contributed by atoms with E-state index in [0.717, 1.165) is 16.0 Å². The van der Waals surface area contributed by atoms with E-state index in [9.17, 15) is 0 Å². The van der Waals surface area contributed by atoms with Crippen molar-refractivity contribution in [1.29, 1.82) is 0 Å². The van der Waals surface area contributed by atoms with Gasteiger partial charge in [-0.2, -0.15) is 11.8 Å². The van der Waals surface area contributed by atoms with Gasteiger partial charge in [-0.25, -0.2) is 0 Å². The highest BCUT2D eigenvalue weighted by Gasteiger charge is 2.43. The van der Waals surface area contributed by atoms with Crippen molar-refractivity contribution < 1.29 is 0 Å². The molecule has 0 amide bonds. The first-order valence-corrected chi connectivity index (χ1v) is 8.93. The molecule has 2 heteroatoms. The Morgan fingerprint density at radius 1 is 1.27 bits per heavy atom. The van der Waals surface area contributed by atoms with Gasteiger partial charge in [-0.1, -0.05) is 31.8 Å². The van der Waals surface area contributed by atoms with Crippen molar-refractivity contribution in [3.05, 3.63) is 12.2 Å². The Balaban J connectivity index is 2.15. The van der Waals surface area contributed by atoms with Gasteiger partial charge in [-0.15, -0.1) is 0 Å². The Kier molecular flexibility index (Phi) is 1.73. The third kappa shape index (κ3) is 1.31. The molecule has 62 valence electrons. The number of hydrogen-bond acceptors (Lipinski definition) is 1. The largest absolute Gasteiger partial charge is 0.153 e. The van der Waals surface area contributed by atoms with Gasteiger partial charge in [-0.05, 0) is 12.3 Å². The van der Waals surface area contributed by atoms with Crippen LogP contribution in [0.4, 0.5) is 0 Å². The van der Waals surface area contributed by atoms with E-state index >= 15 is 0 Å². The lowest BCUT2D eigenvalue weighted by Crippen LogP contribution is -2.38. The molecular formula is C9H16SSi. The molecule has 0 aromatic rings. The molecule has 1 aliphatic heterocycles.